The van der Waals surface area contributed by atoms with Crippen LogP contribution in [0, 0.1) is 11.3 Å². The van der Waals surface area contributed by atoms with Crippen LogP contribution in [0.25, 0.3) is 0 Å². The summed E-state index contributed by atoms with van der Waals surface area (Å²) >= 11 is 0. The molecule has 0 bridgehead atoms. The van der Waals surface area contributed by atoms with Gasteiger partial charge in [-0.25, -0.2) is 0 Å². The molecule has 1 N–H and O–H groups in total. The number of hydrogen-bond donors (Lipinski definition) is 1. The summed E-state index contributed by atoms with van der Waals surface area (Å²) in [5.41, 5.74) is 1.27. The molecule has 1 saturated heterocycles. The lowest BCUT2D eigenvalue weighted by molar-refractivity contribution is -0.155. The number of esters is 1. The Hall–Kier alpha value is -3.55. The van der Waals surface area contributed by atoms with Crippen LogP contribution in [0.4, 0.5) is 0 Å². The normalized spacial score (nSPS) is 14.3. The molecule has 1 heterocycles. The molecule has 0 atom stereocenters. The number of piperidine rings is 1. The Morgan fingerprint density at radius 3 is 1.78 bits per heavy atom. The molecule has 0 aliphatic carbocycles. The molecule has 1 aliphatic heterocycles. The summed E-state index contributed by atoms with van der Waals surface area (Å²) in [7, 11) is 3.19. The highest BCUT2D eigenvalue weighted by Crippen LogP contribution is 2.27. The van der Waals surface area contributed by atoms with Crippen molar-refractivity contribution in [2.75, 3.05) is 33.9 Å². The monoisotopic (exact) mass is 496 g/mol. The van der Waals surface area contributed by atoms with Crippen LogP contribution in [0.1, 0.15) is 50.8 Å². The molecule has 8 heteroatoms. The Kier molecular flexibility index (Phi) is 8.96. The Morgan fingerprint density at radius 2 is 1.36 bits per heavy atom. The fraction of sp³-hybridized carbons (Fsp3) is 0.464. The summed E-state index contributed by atoms with van der Waals surface area (Å²) in [4.78, 5) is 39.7. The summed E-state index contributed by atoms with van der Waals surface area (Å²) < 4.78 is 15.8. The Balaban J connectivity index is 1.59. The number of nitrogens with one attached hydrogen (secondary N) is 1. The molecule has 3 rings (SSSR count). The molecule has 0 saturated carbocycles. The van der Waals surface area contributed by atoms with E-state index in [4.69, 9.17) is 14.2 Å². The van der Waals surface area contributed by atoms with Crippen molar-refractivity contribution in [1.82, 2.24) is 10.2 Å². The standard InChI is InChI=1S/C28H36N2O6/c1-28(2,3)27(33)30-16-14-21(15-17-30)26(32)36-18-24(31)29-25(19-6-10-22(34-4)11-7-19)20-8-12-23(35-5)13-9-20/h6-13,21,25H,14-18H2,1-5H3,(H,29,31). The van der Waals surface area contributed by atoms with Crippen molar-refractivity contribution < 1.29 is 28.6 Å². The number of amides is 2. The second kappa shape index (κ2) is 11.9. The number of hydrogen-bond acceptors (Lipinski definition) is 6. The lowest BCUT2D eigenvalue weighted by atomic mass is 9.91. The van der Waals surface area contributed by atoms with Crippen LogP contribution >= 0.6 is 0 Å². The first-order valence-corrected chi connectivity index (χ1v) is 12.2. The first-order valence-electron chi connectivity index (χ1n) is 12.2. The number of benzene rings is 2. The quantitative estimate of drug-likeness (QED) is 0.560. The molecule has 1 aliphatic rings. The van der Waals surface area contributed by atoms with Gasteiger partial charge in [0.1, 0.15) is 11.5 Å². The molecule has 2 aromatic carbocycles. The minimum Gasteiger partial charge on any atom is -0.497 e. The molecule has 0 spiro atoms. The first-order chi connectivity index (χ1) is 17.1. The zero-order valence-electron chi connectivity index (χ0n) is 21.7. The Labute approximate surface area is 212 Å². The summed E-state index contributed by atoms with van der Waals surface area (Å²) in [5, 5.41) is 2.97. The highest BCUT2D eigenvalue weighted by atomic mass is 16.5. The van der Waals surface area contributed by atoms with Gasteiger partial charge in [-0.3, -0.25) is 14.4 Å². The van der Waals surface area contributed by atoms with Crippen molar-refractivity contribution >= 4 is 17.8 Å². The smallest absolute Gasteiger partial charge is 0.309 e. The highest BCUT2D eigenvalue weighted by molar-refractivity contribution is 5.83. The average molecular weight is 497 g/mol. The molecule has 0 unspecified atom stereocenters. The third kappa shape index (κ3) is 6.99. The molecular formula is C28H36N2O6. The van der Waals surface area contributed by atoms with Gasteiger partial charge in [-0.05, 0) is 48.2 Å². The van der Waals surface area contributed by atoms with Crippen LogP contribution in [0.5, 0.6) is 11.5 Å². The second-order valence-electron chi connectivity index (χ2n) is 9.97. The summed E-state index contributed by atoms with van der Waals surface area (Å²) in [6.07, 6.45) is 1.06. The van der Waals surface area contributed by atoms with Crippen LogP contribution in [0.15, 0.2) is 48.5 Å². The van der Waals surface area contributed by atoms with Crippen molar-refractivity contribution in [1.29, 1.82) is 0 Å². The van der Waals surface area contributed by atoms with Crippen LogP contribution in [0.2, 0.25) is 0 Å². The van der Waals surface area contributed by atoms with E-state index in [1.165, 1.54) is 0 Å². The highest BCUT2D eigenvalue weighted by Gasteiger charge is 2.33. The molecule has 8 nitrogen and oxygen atoms in total. The van der Waals surface area contributed by atoms with Gasteiger partial charge in [0.25, 0.3) is 5.91 Å². The number of rotatable bonds is 8. The third-order valence-corrected chi connectivity index (χ3v) is 6.31. The van der Waals surface area contributed by atoms with Gasteiger partial charge in [-0.2, -0.15) is 0 Å². The first kappa shape index (κ1) is 27.0. The van der Waals surface area contributed by atoms with Gasteiger partial charge in [0.15, 0.2) is 6.61 Å². The molecule has 2 amide bonds. The summed E-state index contributed by atoms with van der Waals surface area (Å²) in [6, 6.07) is 14.4. The van der Waals surface area contributed by atoms with Gasteiger partial charge < -0.3 is 24.4 Å². The van der Waals surface area contributed by atoms with Crippen LogP contribution in [-0.4, -0.2) is 56.6 Å². The zero-order chi connectivity index (χ0) is 26.3. The maximum Gasteiger partial charge on any atom is 0.309 e. The van der Waals surface area contributed by atoms with Crippen molar-refractivity contribution in [3.63, 3.8) is 0 Å². The fourth-order valence-corrected chi connectivity index (χ4v) is 4.20. The van der Waals surface area contributed by atoms with Gasteiger partial charge in [-0.15, -0.1) is 0 Å². The van der Waals surface area contributed by atoms with Crippen LogP contribution in [-0.2, 0) is 19.1 Å². The SMILES string of the molecule is COc1ccc(C(NC(=O)COC(=O)C2CCN(C(=O)C(C)(C)C)CC2)c2ccc(OC)cc2)cc1. The molecular weight excluding hydrogens is 460 g/mol. The van der Waals surface area contributed by atoms with E-state index in [9.17, 15) is 14.4 Å². The van der Waals surface area contributed by atoms with E-state index >= 15 is 0 Å². The zero-order valence-corrected chi connectivity index (χ0v) is 21.7. The molecule has 1 fully saturated rings. The van der Waals surface area contributed by atoms with Crippen molar-refractivity contribution in [2.24, 2.45) is 11.3 Å². The predicted octanol–water partition coefficient (Wildman–Crippen LogP) is 3.74. The molecule has 194 valence electrons. The predicted molar refractivity (Wildman–Crippen MR) is 136 cm³/mol. The van der Waals surface area contributed by atoms with Gasteiger partial charge >= 0.3 is 5.97 Å². The number of carbonyl (C=O) groups excluding carboxylic acids is 3. The maximum absolute atomic E-state index is 12.8. The molecule has 0 aromatic heterocycles. The van der Waals surface area contributed by atoms with E-state index in [0.717, 1.165) is 11.1 Å². The molecule has 2 aromatic rings. The van der Waals surface area contributed by atoms with Crippen LogP contribution in [0.3, 0.4) is 0 Å². The largest absolute Gasteiger partial charge is 0.497 e. The number of nitrogens with zero attached hydrogens (tertiary/aromatic N) is 1. The maximum atomic E-state index is 12.8. The number of methoxy groups -OCH3 is 2. The van der Waals surface area contributed by atoms with Gasteiger partial charge in [0, 0.05) is 18.5 Å². The third-order valence-electron chi connectivity index (χ3n) is 6.31. The van der Waals surface area contributed by atoms with E-state index in [0.29, 0.717) is 37.4 Å². The molecule has 0 radical (unpaired) electrons. The average Bonchev–Trinajstić information content (AvgIpc) is 2.89. The van der Waals surface area contributed by atoms with E-state index < -0.39 is 23.3 Å². The van der Waals surface area contributed by atoms with E-state index in [1.54, 1.807) is 19.1 Å². The van der Waals surface area contributed by atoms with E-state index in [-0.39, 0.29) is 18.4 Å². The van der Waals surface area contributed by atoms with E-state index in [1.807, 2.05) is 69.3 Å². The number of ether oxygens (including phenoxy) is 3. The Bertz CT molecular complexity index is 988. The minimum atomic E-state index is -0.449. The Morgan fingerprint density at radius 1 is 0.889 bits per heavy atom. The molecule has 36 heavy (non-hydrogen) atoms. The lowest BCUT2D eigenvalue weighted by Gasteiger charge is -2.34. The second-order valence-corrected chi connectivity index (χ2v) is 9.97. The minimum absolute atomic E-state index is 0.0804. The van der Waals surface area contributed by atoms with Crippen molar-refractivity contribution in [3.8, 4) is 11.5 Å². The van der Waals surface area contributed by atoms with Crippen LogP contribution < -0.4 is 14.8 Å². The topological polar surface area (TPSA) is 94.2 Å². The summed E-state index contributed by atoms with van der Waals surface area (Å²) in [5.74, 6) is 0.377. The van der Waals surface area contributed by atoms with Crippen molar-refractivity contribution in [3.05, 3.63) is 59.7 Å². The lowest BCUT2D eigenvalue weighted by Crippen LogP contribution is -2.45. The summed E-state index contributed by atoms with van der Waals surface area (Å²) in [6.45, 7) is 6.32. The number of likely N-dealkylation sites (tertiary alicyclic amines) is 1. The van der Waals surface area contributed by atoms with Crippen molar-refractivity contribution in [2.45, 2.75) is 39.7 Å². The van der Waals surface area contributed by atoms with E-state index in [2.05, 4.69) is 5.32 Å². The number of carbonyl (C=O) groups is 3. The van der Waals surface area contributed by atoms with Gasteiger partial charge in [-0.1, -0.05) is 45.0 Å². The van der Waals surface area contributed by atoms with Gasteiger partial charge in [0.05, 0.1) is 26.2 Å². The van der Waals surface area contributed by atoms with Gasteiger partial charge in [0.2, 0.25) is 5.91 Å². The fourth-order valence-electron chi connectivity index (χ4n) is 4.20.